The quantitative estimate of drug-likeness (QED) is 0.826. The highest BCUT2D eigenvalue weighted by Crippen LogP contribution is 2.15. The first-order valence-electron chi connectivity index (χ1n) is 8.89. The Labute approximate surface area is 152 Å². The third-order valence-electron chi connectivity index (χ3n) is 4.27. The summed E-state index contributed by atoms with van der Waals surface area (Å²) in [6, 6.07) is 5.99. The number of fused-ring (bicyclic) bond motifs is 1. The number of amides is 2. The summed E-state index contributed by atoms with van der Waals surface area (Å²) in [6.07, 6.45) is 0.804. The molecule has 0 spiro atoms. The van der Waals surface area contributed by atoms with Gasteiger partial charge in [0.05, 0.1) is 11.4 Å². The minimum absolute atomic E-state index is 0.0312. The number of aromatic nitrogens is 2. The van der Waals surface area contributed by atoms with Gasteiger partial charge in [-0.25, -0.2) is 4.68 Å². The summed E-state index contributed by atoms with van der Waals surface area (Å²) in [5.41, 5.74) is -0.105. The molecule has 1 heterocycles. The molecule has 140 valence electrons. The van der Waals surface area contributed by atoms with Crippen molar-refractivity contribution in [3.05, 3.63) is 40.3 Å². The molecule has 2 atom stereocenters. The van der Waals surface area contributed by atoms with Gasteiger partial charge < -0.3 is 10.6 Å². The highest BCUT2D eigenvalue weighted by Gasteiger charge is 2.22. The molecule has 0 aliphatic rings. The minimum Gasteiger partial charge on any atom is -0.352 e. The first-order chi connectivity index (χ1) is 12.3. The predicted octanol–water partition coefficient (Wildman–Crippen LogP) is 2.01. The molecule has 1 aromatic carbocycles. The van der Waals surface area contributed by atoms with Crippen LogP contribution >= 0.6 is 0 Å². The number of hydrogen-bond donors (Lipinski definition) is 2. The van der Waals surface area contributed by atoms with Crippen LogP contribution in [0.15, 0.2) is 29.1 Å². The van der Waals surface area contributed by atoms with Crippen LogP contribution in [-0.2, 0) is 4.79 Å². The smallest absolute Gasteiger partial charge is 0.274 e. The van der Waals surface area contributed by atoms with Crippen molar-refractivity contribution >= 4 is 22.6 Å². The highest BCUT2D eigenvalue weighted by atomic mass is 16.2. The Morgan fingerprint density at radius 3 is 2.27 bits per heavy atom. The van der Waals surface area contributed by atoms with Crippen molar-refractivity contribution in [1.82, 2.24) is 20.4 Å². The lowest BCUT2D eigenvalue weighted by Crippen LogP contribution is -2.47. The Bertz CT molecular complexity index is 873. The Morgan fingerprint density at radius 2 is 1.69 bits per heavy atom. The lowest BCUT2D eigenvalue weighted by atomic mass is 10.1. The first kappa shape index (κ1) is 19.6. The summed E-state index contributed by atoms with van der Waals surface area (Å²) < 4.78 is 1.29. The van der Waals surface area contributed by atoms with Crippen molar-refractivity contribution in [3.63, 3.8) is 0 Å². The summed E-state index contributed by atoms with van der Waals surface area (Å²) >= 11 is 0. The van der Waals surface area contributed by atoms with Crippen molar-refractivity contribution in [2.45, 2.75) is 59.2 Å². The van der Waals surface area contributed by atoms with Gasteiger partial charge in [-0.1, -0.05) is 25.1 Å². The van der Waals surface area contributed by atoms with Crippen molar-refractivity contribution in [3.8, 4) is 0 Å². The van der Waals surface area contributed by atoms with E-state index in [1.54, 1.807) is 31.2 Å². The normalized spacial score (nSPS) is 13.5. The second-order valence-corrected chi connectivity index (χ2v) is 6.75. The van der Waals surface area contributed by atoms with Crippen LogP contribution in [0.3, 0.4) is 0 Å². The number of benzene rings is 1. The fourth-order valence-corrected chi connectivity index (χ4v) is 2.52. The molecular weight excluding hydrogens is 332 g/mol. The standard InChI is InChI=1S/C19H26N4O3/c1-6-12(4)20-17(24)13(5)21-18(25)16-14-9-7-8-10-15(14)19(26)23(22-16)11(2)3/h7-13H,6H2,1-5H3,(H,20,24)(H,21,25). The second-order valence-electron chi connectivity index (χ2n) is 6.75. The van der Waals surface area contributed by atoms with E-state index in [-0.39, 0.29) is 29.2 Å². The van der Waals surface area contributed by atoms with Crippen LogP contribution in [0.25, 0.3) is 10.8 Å². The van der Waals surface area contributed by atoms with Gasteiger partial charge in [0.15, 0.2) is 5.69 Å². The zero-order valence-corrected chi connectivity index (χ0v) is 15.9. The average Bonchev–Trinajstić information content (AvgIpc) is 2.61. The molecule has 7 nitrogen and oxygen atoms in total. The van der Waals surface area contributed by atoms with Gasteiger partial charge >= 0.3 is 0 Å². The summed E-state index contributed by atoms with van der Waals surface area (Å²) in [6.45, 7) is 9.15. The maximum absolute atomic E-state index is 12.7. The van der Waals surface area contributed by atoms with Crippen LogP contribution < -0.4 is 16.2 Å². The van der Waals surface area contributed by atoms with E-state index in [2.05, 4.69) is 15.7 Å². The van der Waals surface area contributed by atoms with E-state index in [0.717, 1.165) is 6.42 Å². The molecule has 2 aromatic rings. The van der Waals surface area contributed by atoms with Crippen LogP contribution in [0.2, 0.25) is 0 Å². The van der Waals surface area contributed by atoms with E-state index in [9.17, 15) is 14.4 Å². The Morgan fingerprint density at radius 1 is 1.08 bits per heavy atom. The SMILES string of the molecule is CCC(C)NC(=O)C(C)NC(=O)c1nn(C(C)C)c(=O)c2ccccc12. The molecule has 0 bridgehead atoms. The maximum atomic E-state index is 12.7. The number of hydrogen-bond acceptors (Lipinski definition) is 4. The fraction of sp³-hybridized carbons (Fsp3) is 0.474. The summed E-state index contributed by atoms with van der Waals surface area (Å²) in [4.78, 5) is 37.5. The predicted molar refractivity (Wildman–Crippen MR) is 101 cm³/mol. The molecule has 0 fully saturated rings. The van der Waals surface area contributed by atoms with E-state index >= 15 is 0 Å². The molecule has 0 saturated carbocycles. The zero-order valence-electron chi connectivity index (χ0n) is 15.9. The zero-order chi connectivity index (χ0) is 19.4. The van der Waals surface area contributed by atoms with Crippen LogP contribution in [-0.4, -0.2) is 33.7 Å². The third-order valence-corrected chi connectivity index (χ3v) is 4.27. The van der Waals surface area contributed by atoms with Crippen molar-refractivity contribution in [1.29, 1.82) is 0 Å². The van der Waals surface area contributed by atoms with Crippen LogP contribution in [0.5, 0.6) is 0 Å². The molecule has 26 heavy (non-hydrogen) atoms. The minimum atomic E-state index is -0.712. The number of carbonyl (C=O) groups is 2. The lowest BCUT2D eigenvalue weighted by molar-refractivity contribution is -0.123. The van der Waals surface area contributed by atoms with Gasteiger partial charge in [-0.05, 0) is 40.2 Å². The summed E-state index contributed by atoms with van der Waals surface area (Å²) in [7, 11) is 0. The molecule has 0 aliphatic heterocycles. The lowest BCUT2D eigenvalue weighted by Gasteiger charge is -2.18. The largest absolute Gasteiger partial charge is 0.352 e. The molecule has 0 saturated heterocycles. The van der Waals surface area contributed by atoms with Crippen molar-refractivity contribution < 1.29 is 9.59 Å². The number of carbonyl (C=O) groups excluding carboxylic acids is 2. The van der Waals surface area contributed by atoms with E-state index in [0.29, 0.717) is 10.8 Å². The Hall–Kier alpha value is -2.70. The fourth-order valence-electron chi connectivity index (χ4n) is 2.52. The van der Waals surface area contributed by atoms with Crippen LogP contribution in [0, 0.1) is 0 Å². The van der Waals surface area contributed by atoms with Gasteiger partial charge in [0.1, 0.15) is 6.04 Å². The monoisotopic (exact) mass is 358 g/mol. The van der Waals surface area contributed by atoms with Crippen LogP contribution in [0.4, 0.5) is 0 Å². The van der Waals surface area contributed by atoms with E-state index in [1.807, 2.05) is 27.7 Å². The number of nitrogens with zero attached hydrogens (tertiary/aromatic N) is 2. The molecule has 7 heteroatoms. The third kappa shape index (κ3) is 4.09. The Balaban J connectivity index is 2.37. The number of rotatable bonds is 6. The molecule has 2 amide bonds. The van der Waals surface area contributed by atoms with Crippen molar-refractivity contribution in [2.24, 2.45) is 0 Å². The van der Waals surface area contributed by atoms with E-state index < -0.39 is 11.9 Å². The van der Waals surface area contributed by atoms with Crippen LogP contribution in [0.1, 0.15) is 57.6 Å². The van der Waals surface area contributed by atoms with Gasteiger partial charge in [0.2, 0.25) is 5.91 Å². The van der Waals surface area contributed by atoms with E-state index in [4.69, 9.17) is 0 Å². The van der Waals surface area contributed by atoms with Gasteiger partial charge in [0.25, 0.3) is 11.5 Å². The Kier molecular flexibility index (Phi) is 6.13. The molecule has 0 radical (unpaired) electrons. The molecule has 1 aromatic heterocycles. The van der Waals surface area contributed by atoms with Gasteiger partial charge in [-0.2, -0.15) is 5.10 Å². The second kappa shape index (κ2) is 8.12. The average molecular weight is 358 g/mol. The molecular formula is C19H26N4O3. The highest BCUT2D eigenvalue weighted by molar-refractivity contribution is 6.06. The molecule has 2 unspecified atom stereocenters. The molecule has 2 N–H and O–H groups in total. The van der Waals surface area contributed by atoms with Gasteiger partial charge in [-0.3, -0.25) is 14.4 Å². The topological polar surface area (TPSA) is 93.1 Å². The van der Waals surface area contributed by atoms with Gasteiger partial charge in [-0.15, -0.1) is 0 Å². The summed E-state index contributed by atoms with van der Waals surface area (Å²) in [5, 5.41) is 10.7. The van der Waals surface area contributed by atoms with E-state index in [1.165, 1.54) is 4.68 Å². The molecule has 2 rings (SSSR count). The number of nitrogens with one attached hydrogen (secondary N) is 2. The first-order valence-corrected chi connectivity index (χ1v) is 8.89. The maximum Gasteiger partial charge on any atom is 0.274 e. The molecule has 0 aliphatic carbocycles. The summed E-state index contributed by atoms with van der Waals surface area (Å²) in [5.74, 6) is -0.739. The van der Waals surface area contributed by atoms with Gasteiger partial charge in [0, 0.05) is 11.4 Å². The van der Waals surface area contributed by atoms with Crippen molar-refractivity contribution in [2.75, 3.05) is 0 Å².